The number of benzene rings is 2. The van der Waals surface area contributed by atoms with Gasteiger partial charge in [-0.25, -0.2) is 0 Å². The summed E-state index contributed by atoms with van der Waals surface area (Å²) in [6.45, 7) is 13.1. The van der Waals surface area contributed by atoms with E-state index in [9.17, 15) is 0 Å². The molecule has 0 saturated carbocycles. The number of piperidine rings is 1. The first-order valence-electron chi connectivity index (χ1n) is 11.6. The monoisotopic (exact) mass is 396 g/mol. The van der Waals surface area contributed by atoms with E-state index >= 15 is 0 Å². The second kappa shape index (κ2) is 10.2. The van der Waals surface area contributed by atoms with Crippen LogP contribution in [0.2, 0.25) is 0 Å². The summed E-state index contributed by atoms with van der Waals surface area (Å²) in [6.07, 6.45) is 2.79. The Hall–Kier alpha value is -1.88. The molecule has 4 rings (SSSR count). The fourth-order valence-electron chi connectivity index (χ4n) is 5.16. The minimum Gasteiger partial charge on any atom is -0.494 e. The fourth-order valence-corrected chi connectivity index (χ4v) is 5.16. The average molecular weight is 397 g/mol. The van der Waals surface area contributed by atoms with Crippen molar-refractivity contribution >= 4 is 0 Å². The van der Waals surface area contributed by atoms with Crippen molar-refractivity contribution in [1.29, 1.82) is 0 Å². The van der Waals surface area contributed by atoms with Gasteiger partial charge in [0.05, 0.1) is 25.7 Å². The summed E-state index contributed by atoms with van der Waals surface area (Å²) in [4.78, 5) is 5.39. The molecule has 2 aliphatic rings. The fraction of sp³-hybridized carbons (Fsp3) is 0.520. The van der Waals surface area contributed by atoms with Gasteiger partial charge in [0.15, 0.2) is 0 Å². The summed E-state index contributed by atoms with van der Waals surface area (Å²) < 4.78 is 5.56. The van der Waals surface area contributed by atoms with Gasteiger partial charge in [-0.15, -0.1) is 0 Å². The zero-order valence-corrected chi connectivity index (χ0v) is 18.0. The third-order valence-corrected chi connectivity index (χ3v) is 6.85. The largest absolute Gasteiger partial charge is 0.494 e. The highest BCUT2D eigenvalue weighted by Gasteiger charge is 2.33. The number of piperazine rings is 1. The molecule has 2 aromatic rings. The van der Waals surface area contributed by atoms with Crippen molar-refractivity contribution in [3.63, 3.8) is 0 Å². The second-order valence-corrected chi connectivity index (χ2v) is 8.85. The topological polar surface area (TPSA) is 22.6 Å². The molecule has 2 saturated heterocycles. The SMILES string of the molecule is CCOc1ccc(C[NH+]2CC[NH+](C3CC[NH+](Cc4ccccc4)CC3)CC2)cc1. The van der Waals surface area contributed by atoms with Crippen LogP contribution in [0.25, 0.3) is 0 Å². The van der Waals surface area contributed by atoms with E-state index < -0.39 is 0 Å². The van der Waals surface area contributed by atoms with Crippen LogP contribution in [0.5, 0.6) is 5.75 Å². The van der Waals surface area contributed by atoms with Gasteiger partial charge < -0.3 is 19.4 Å². The van der Waals surface area contributed by atoms with E-state index in [1.807, 2.05) is 11.8 Å². The smallest absolute Gasteiger partial charge is 0.127 e. The Morgan fingerprint density at radius 2 is 1.31 bits per heavy atom. The van der Waals surface area contributed by atoms with E-state index in [0.29, 0.717) is 0 Å². The molecule has 0 bridgehead atoms. The standard InChI is InChI=1S/C25H35N3O/c1-2-29-25-10-8-23(9-11-25)21-27-16-18-28(19-17-27)24-12-14-26(15-13-24)20-22-6-4-3-5-7-22/h3-11,24H,2,12-21H2,1H3/p+3. The lowest BCUT2D eigenvalue weighted by Crippen LogP contribution is -3.30. The lowest BCUT2D eigenvalue weighted by molar-refractivity contribution is -1.04. The molecule has 0 atom stereocenters. The van der Waals surface area contributed by atoms with Crippen LogP contribution in [0.15, 0.2) is 54.6 Å². The minimum atomic E-state index is 0.738. The summed E-state index contributed by atoms with van der Waals surface area (Å²) >= 11 is 0. The Bertz CT molecular complexity index is 717. The first-order valence-corrected chi connectivity index (χ1v) is 11.6. The van der Waals surface area contributed by atoms with E-state index in [2.05, 4.69) is 54.6 Å². The maximum absolute atomic E-state index is 5.56. The van der Waals surface area contributed by atoms with Crippen molar-refractivity contribution in [3.05, 3.63) is 65.7 Å². The van der Waals surface area contributed by atoms with Gasteiger partial charge in [-0.05, 0) is 31.2 Å². The molecule has 2 aromatic carbocycles. The summed E-state index contributed by atoms with van der Waals surface area (Å²) in [5.41, 5.74) is 2.92. The van der Waals surface area contributed by atoms with E-state index in [1.165, 1.54) is 69.8 Å². The second-order valence-electron chi connectivity index (χ2n) is 8.85. The molecule has 29 heavy (non-hydrogen) atoms. The summed E-state index contributed by atoms with van der Waals surface area (Å²) in [5, 5.41) is 0. The number of hydrogen-bond donors (Lipinski definition) is 3. The van der Waals surface area contributed by atoms with Crippen LogP contribution in [0.1, 0.15) is 30.9 Å². The minimum absolute atomic E-state index is 0.738. The predicted molar refractivity (Wildman–Crippen MR) is 117 cm³/mol. The van der Waals surface area contributed by atoms with Crippen LogP contribution >= 0.6 is 0 Å². The lowest BCUT2D eigenvalue weighted by Gasteiger charge is -2.37. The molecule has 2 fully saturated rings. The maximum atomic E-state index is 5.56. The Balaban J connectivity index is 1.18. The molecule has 3 N–H and O–H groups in total. The number of nitrogens with one attached hydrogen (secondary N) is 3. The van der Waals surface area contributed by atoms with Gasteiger partial charge >= 0.3 is 0 Å². The van der Waals surface area contributed by atoms with Gasteiger partial charge in [0.25, 0.3) is 0 Å². The molecule has 2 aliphatic heterocycles. The first kappa shape index (κ1) is 20.4. The molecule has 0 aromatic heterocycles. The molecular formula is C25H38N3O+3. The third kappa shape index (κ3) is 5.81. The normalized spacial score (nSPS) is 27.5. The number of hydrogen-bond acceptors (Lipinski definition) is 1. The number of ether oxygens (including phenoxy) is 1. The van der Waals surface area contributed by atoms with Crippen LogP contribution in [-0.4, -0.2) is 51.9 Å². The Morgan fingerprint density at radius 3 is 1.93 bits per heavy atom. The highest BCUT2D eigenvalue weighted by molar-refractivity contribution is 5.26. The van der Waals surface area contributed by atoms with Gasteiger partial charge in [0, 0.05) is 24.0 Å². The van der Waals surface area contributed by atoms with Crippen LogP contribution in [0, 0.1) is 0 Å². The Labute approximate surface area is 176 Å². The zero-order valence-electron chi connectivity index (χ0n) is 18.0. The van der Waals surface area contributed by atoms with Crippen LogP contribution in [0.3, 0.4) is 0 Å². The molecule has 0 radical (unpaired) electrons. The average Bonchev–Trinajstić information content (AvgIpc) is 2.77. The molecule has 0 unspecified atom stereocenters. The van der Waals surface area contributed by atoms with Crippen molar-refractivity contribution < 1.29 is 19.4 Å². The van der Waals surface area contributed by atoms with E-state index in [1.54, 1.807) is 9.80 Å². The highest BCUT2D eigenvalue weighted by Crippen LogP contribution is 2.11. The Morgan fingerprint density at radius 1 is 0.724 bits per heavy atom. The van der Waals surface area contributed by atoms with Gasteiger partial charge in [0.2, 0.25) is 0 Å². The number of quaternary nitrogens is 3. The van der Waals surface area contributed by atoms with Gasteiger partial charge in [0.1, 0.15) is 45.0 Å². The van der Waals surface area contributed by atoms with Crippen molar-refractivity contribution in [2.24, 2.45) is 0 Å². The molecule has 4 nitrogen and oxygen atoms in total. The summed E-state index contributed by atoms with van der Waals surface area (Å²) in [6, 6.07) is 20.6. The summed E-state index contributed by atoms with van der Waals surface area (Å²) in [5.74, 6) is 0.987. The van der Waals surface area contributed by atoms with E-state index in [4.69, 9.17) is 4.74 Å². The van der Waals surface area contributed by atoms with Crippen LogP contribution in [0.4, 0.5) is 0 Å². The lowest BCUT2D eigenvalue weighted by atomic mass is 10.0. The van der Waals surface area contributed by atoms with E-state index in [-0.39, 0.29) is 0 Å². The molecule has 0 amide bonds. The van der Waals surface area contributed by atoms with Crippen molar-refractivity contribution in [1.82, 2.24) is 0 Å². The van der Waals surface area contributed by atoms with Gasteiger partial charge in [-0.2, -0.15) is 0 Å². The molecule has 0 aliphatic carbocycles. The van der Waals surface area contributed by atoms with Gasteiger partial charge in [-0.1, -0.05) is 30.3 Å². The molecular weight excluding hydrogens is 358 g/mol. The molecule has 4 heteroatoms. The molecule has 156 valence electrons. The zero-order chi connectivity index (χ0) is 19.9. The molecule has 0 spiro atoms. The predicted octanol–water partition coefficient (Wildman–Crippen LogP) is -0.384. The van der Waals surface area contributed by atoms with Crippen molar-refractivity contribution in [2.75, 3.05) is 45.9 Å². The van der Waals surface area contributed by atoms with Crippen LogP contribution in [-0.2, 0) is 13.1 Å². The summed E-state index contributed by atoms with van der Waals surface area (Å²) in [7, 11) is 0. The van der Waals surface area contributed by atoms with Crippen LogP contribution < -0.4 is 19.4 Å². The van der Waals surface area contributed by atoms with E-state index in [0.717, 1.165) is 24.9 Å². The van der Waals surface area contributed by atoms with Crippen molar-refractivity contribution in [3.8, 4) is 5.75 Å². The third-order valence-electron chi connectivity index (χ3n) is 6.85. The van der Waals surface area contributed by atoms with Crippen molar-refractivity contribution in [2.45, 2.75) is 38.9 Å². The first-order chi connectivity index (χ1) is 14.3. The van der Waals surface area contributed by atoms with Gasteiger partial charge in [-0.3, -0.25) is 0 Å². The highest BCUT2D eigenvalue weighted by atomic mass is 16.5. The molecule has 2 heterocycles. The quantitative estimate of drug-likeness (QED) is 0.583. The maximum Gasteiger partial charge on any atom is 0.127 e. The number of likely N-dealkylation sites (tertiary alicyclic amines) is 1. The Kier molecular flexibility index (Phi) is 7.20. The number of rotatable bonds is 7.